The number of piperidine rings is 1. The van der Waals surface area contributed by atoms with E-state index in [1.807, 2.05) is 71.6 Å². The van der Waals surface area contributed by atoms with Crippen LogP contribution in [-0.2, 0) is 4.79 Å². The molecule has 1 aromatic heterocycles. The van der Waals surface area contributed by atoms with Gasteiger partial charge in [-0.15, -0.1) is 0 Å². The van der Waals surface area contributed by atoms with Crippen LogP contribution < -0.4 is 4.74 Å². The van der Waals surface area contributed by atoms with Gasteiger partial charge in [-0.05, 0) is 67.3 Å². The smallest absolute Gasteiger partial charge is 0.286 e. The highest BCUT2D eigenvalue weighted by molar-refractivity contribution is 8.18. The van der Waals surface area contributed by atoms with Crippen LogP contribution in [0.15, 0.2) is 70.7 Å². The lowest BCUT2D eigenvalue weighted by Crippen LogP contribution is -2.37. The van der Waals surface area contributed by atoms with Gasteiger partial charge in [0, 0.05) is 30.4 Å². The van der Waals surface area contributed by atoms with Gasteiger partial charge in [0.15, 0.2) is 5.17 Å². The van der Waals surface area contributed by atoms with Crippen LogP contribution in [-0.4, -0.2) is 45.5 Å². The Bertz CT molecular complexity index is 1260. The molecule has 0 bridgehead atoms. The largest absolute Gasteiger partial charge is 0.494 e. The van der Waals surface area contributed by atoms with Gasteiger partial charge in [-0.1, -0.05) is 44.2 Å². The van der Waals surface area contributed by atoms with E-state index < -0.39 is 0 Å². The number of para-hydroxylation sites is 1. The third-order valence-corrected chi connectivity index (χ3v) is 7.21. The second kappa shape index (κ2) is 10.5. The standard InChI is InChI=1S/C28H30N4O2S/c1-3-15-34-24-13-7-10-21(16-24)26-22(19-32(30-26)23-11-5-4-6-12-23)17-25-27(33)29-28(35-25)31-14-8-9-20(2)18-31/h4-7,10-13,16-17,19-20H,3,8-9,14-15,18H2,1-2H3/b25-17-. The van der Waals surface area contributed by atoms with E-state index in [1.165, 1.54) is 18.2 Å². The highest BCUT2D eigenvalue weighted by atomic mass is 32.2. The highest BCUT2D eigenvalue weighted by Gasteiger charge is 2.29. The number of nitrogens with zero attached hydrogens (tertiary/aromatic N) is 4. The maximum Gasteiger partial charge on any atom is 0.286 e. The van der Waals surface area contributed by atoms with Crippen molar-refractivity contribution in [2.45, 2.75) is 33.1 Å². The fraction of sp³-hybridized carbons (Fsp3) is 0.321. The maximum absolute atomic E-state index is 12.9. The van der Waals surface area contributed by atoms with Crippen LogP contribution in [0, 0.1) is 5.92 Å². The van der Waals surface area contributed by atoms with Crippen molar-refractivity contribution in [2.75, 3.05) is 19.7 Å². The Morgan fingerprint density at radius 1 is 1.17 bits per heavy atom. The number of rotatable bonds is 6. The van der Waals surface area contributed by atoms with Crippen LogP contribution in [0.25, 0.3) is 23.0 Å². The van der Waals surface area contributed by atoms with Crippen LogP contribution >= 0.6 is 11.8 Å². The number of hydrogen-bond donors (Lipinski definition) is 0. The molecule has 1 saturated heterocycles. The van der Waals surface area contributed by atoms with Crippen molar-refractivity contribution < 1.29 is 9.53 Å². The number of ether oxygens (including phenoxy) is 1. The average molecular weight is 487 g/mol. The van der Waals surface area contributed by atoms with E-state index in [1.54, 1.807) is 0 Å². The van der Waals surface area contributed by atoms with E-state index in [0.29, 0.717) is 17.4 Å². The molecule has 180 valence electrons. The lowest BCUT2D eigenvalue weighted by molar-refractivity contribution is -0.113. The minimum absolute atomic E-state index is 0.179. The Labute approximate surface area is 210 Å². The van der Waals surface area contributed by atoms with Crippen molar-refractivity contribution in [1.82, 2.24) is 14.7 Å². The van der Waals surface area contributed by atoms with Crippen molar-refractivity contribution in [3.63, 3.8) is 0 Å². The van der Waals surface area contributed by atoms with Crippen molar-refractivity contribution in [3.05, 3.63) is 71.3 Å². The summed E-state index contributed by atoms with van der Waals surface area (Å²) >= 11 is 1.47. The zero-order valence-electron chi connectivity index (χ0n) is 20.2. The minimum Gasteiger partial charge on any atom is -0.494 e. The van der Waals surface area contributed by atoms with E-state index >= 15 is 0 Å². The first-order chi connectivity index (χ1) is 17.1. The molecule has 1 fully saturated rings. The zero-order valence-corrected chi connectivity index (χ0v) is 21.0. The second-order valence-electron chi connectivity index (χ2n) is 9.09. The monoisotopic (exact) mass is 486 g/mol. The summed E-state index contributed by atoms with van der Waals surface area (Å²) in [7, 11) is 0. The third kappa shape index (κ3) is 5.35. The molecule has 2 aliphatic rings. The first-order valence-corrected chi connectivity index (χ1v) is 13.1. The molecule has 0 spiro atoms. The van der Waals surface area contributed by atoms with E-state index in [0.717, 1.165) is 59.4 Å². The number of amidine groups is 1. The number of aliphatic imine (C=N–C) groups is 1. The van der Waals surface area contributed by atoms with Crippen molar-refractivity contribution in [2.24, 2.45) is 10.9 Å². The molecule has 3 heterocycles. The molecule has 0 saturated carbocycles. The van der Waals surface area contributed by atoms with Crippen molar-refractivity contribution >= 4 is 28.9 Å². The Morgan fingerprint density at radius 3 is 2.83 bits per heavy atom. The first-order valence-electron chi connectivity index (χ1n) is 12.3. The third-order valence-electron chi connectivity index (χ3n) is 6.17. The highest BCUT2D eigenvalue weighted by Crippen LogP contribution is 2.35. The van der Waals surface area contributed by atoms with Gasteiger partial charge in [0.25, 0.3) is 5.91 Å². The minimum atomic E-state index is -0.179. The number of amides is 1. The zero-order chi connectivity index (χ0) is 24.2. The van der Waals surface area contributed by atoms with E-state index in [2.05, 4.69) is 23.7 Å². The molecule has 0 aliphatic carbocycles. The number of carbonyl (C=O) groups excluding carboxylic acids is 1. The molecule has 5 rings (SSSR count). The van der Waals surface area contributed by atoms with E-state index in [4.69, 9.17) is 9.84 Å². The number of benzene rings is 2. The van der Waals surface area contributed by atoms with Gasteiger partial charge < -0.3 is 9.64 Å². The number of thioether (sulfide) groups is 1. The summed E-state index contributed by atoms with van der Waals surface area (Å²) in [6, 6.07) is 18.0. The quantitative estimate of drug-likeness (QED) is 0.398. The van der Waals surface area contributed by atoms with Crippen LogP contribution in [0.3, 0.4) is 0 Å². The predicted octanol–water partition coefficient (Wildman–Crippen LogP) is 6.03. The van der Waals surface area contributed by atoms with Gasteiger partial charge in [0.05, 0.1) is 17.2 Å². The Balaban J connectivity index is 1.49. The summed E-state index contributed by atoms with van der Waals surface area (Å²) < 4.78 is 7.72. The van der Waals surface area contributed by atoms with Crippen LogP contribution in [0.5, 0.6) is 5.75 Å². The topological polar surface area (TPSA) is 59.7 Å². The van der Waals surface area contributed by atoms with E-state index in [-0.39, 0.29) is 5.91 Å². The molecule has 2 aromatic carbocycles. The summed E-state index contributed by atoms with van der Waals surface area (Å²) in [4.78, 5) is 20.1. The van der Waals surface area contributed by atoms with Crippen LogP contribution in [0.2, 0.25) is 0 Å². The average Bonchev–Trinajstić information content (AvgIpc) is 3.47. The van der Waals surface area contributed by atoms with Crippen LogP contribution in [0.1, 0.15) is 38.7 Å². The van der Waals surface area contributed by atoms with Crippen molar-refractivity contribution in [1.29, 1.82) is 0 Å². The predicted molar refractivity (Wildman–Crippen MR) is 143 cm³/mol. The molecule has 3 aromatic rings. The Morgan fingerprint density at radius 2 is 2.03 bits per heavy atom. The van der Waals surface area contributed by atoms with Gasteiger partial charge in [-0.2, -0.15) is 10.1 Å². The number of aromatic nitrogens is 2. The number of likely N-dealkylation sites (tertiary alicyclic amines) is 1. The Kier molecular flexibility index (Phi) is 7.04. The van der Waals surface area contributed by atoms with Crippen LogP contribution in [0.4, 0.5) is 0 Å². The lowest BCUT2D eigenvalue weighted by atomic mass is 10.0. The number of carbonyl (C=O) groups is 1. The molecule has 1 unspecified atom stereocenters. The molecule has 6 nitrogen and oxygen atoms in total. The Hall–Kier alpha value is -3.32. The fourth-order valence-corrected chi connectivity index (χ4v) is 5.36. The summed E-state index contributed by atoms with van der Waals surface area (Å²) in [6.45, 7) is 6.92. The van der Waals surface area contributed by atoms with Gasteiger partial charge >= 0.3 is 0 Å². The molecular formula is C28H30N4O2S. The van der Waals surface area contributed by atoms with Gasteiger partial charge in [0.1, 0.15) is 11.4 Å². The van der Waals surface area contributed by atoms with Gasteiger partial charge in [-0.25, -0.2) is 4.68 Å². The normalized spacial score (nSPS) is 19.3. The second-order valence-corrected chi connectivity index (χ2v) is 10.1. The molecule has 2 aliphatic heterocycles. The first kappa shape index (κ1) is 23.4. The van der Waals surface area contributed by atoms with E-state index in [9.17, 15) is 4.79 Å². The molecule has 1 atom stereocenters. The molecule has 0 N–H and O–H groups in total. The van der Waals surface area contributed by atoms with Gasteiger partial charge in [-0.3, -0.25) is 4.79 Å². The summed E-state index contributed by atoms with van der Waals surface area (Å²) in [6.07, 6.45) is 7.22. The molecule has 1 amide bonds. The molecule has 35 heavy (non-hydrogen) atoms. The fourth-order valence-electron chi connectivity index (χ4n) is 4.42. The van der Waals surface area contributed by atoms with Crippen molar-refractivity contribution in [3.8, 4) is 22.7 Å². The van der Waals surface area contributed by atoms with Gasteiger partial charge in [0.2, 0.25) is 0 Å². The molecule has 7 heteroatoms. The summed E-state index contributed by atoms with van der Waals surface area (Å²) in [5, 5.41) is 5.73. The lowest BCUT2D eigenvalue weighted by Gasteiger charge is -2.31. The molecular weight excluding hydrogens is 456 g/mol. The molecule has 0 radical (unpaired) electrons. The summed E-state index contributed by atoms with van der Waals surface area (Å²) in [5.74, 6) is 1.25. The SMILES string of the molecule is CCCOc1cccc(-c2nn(-c3ccccc3)cc2/C=C2\SC(N3CCCC(C)C3)=NC2=O)c1. The summed E-state index contributed by atoms with van der Waals surface area (Å²) in [5.41, 5.74) is 3.58. The maximum atomic E-state index is 12.9. The number of hydrogen-bond acceptors (Lipinski definition) is 5.